The van der Waals surface area contributed by atoms with Gasteiger partial charge in [-0.25, -0.2) is 0 Å². The number of amides is 1. The van der Waals surface area contributed by atoms with Crippen LogP contribution in [0.5, 0.6) is 0 Å². The van der Waals surface area contributed by atoms with Crippen LogP contribution < -0.4 is 5.32 Å². The van der Waals surface area contributed by atoms with E-state index in [0.29, 0.717) is 29.8 Å². The van der Waals surface area contributed by atoms with Crippen LogP contribution >= 0.6 is 11.3 Å². The molecule has 3 atom stereocenters. The zero-order chi connectivity index (χ0) is 16.0. The lowest BCUT2D eigenvalue weighted by Gasteiger charge is -2.16. The number of aliphatic hydroxyl groups is 1. The van der Waals surface area contributed by atoms with Gasteiger partial charge in [0.1, 0.15) is 16.8 Å². The number of hydrogen-bond acceptors (Lipinski definition) is 5. The molecule has 2 heterocycles. The number of rotatable bonds is 3. The maximum absolute atomic E-state index is 12.4. The van der Waals surface area contributed by atoms with Gasteiger partial charge in [-0.3, -0.25) is 4.79 Å². The van der Waals surface area contributed by atoms with E-state index in [4.69, 9.17) is 4.42 Å². The summed E-state index contributed by atoms with van der Waals surface area (Å²) in [5, 5.41) is 22.7. The number of nitriles is 1. The molecule has 6 heteroatoms. The number of aliphatic hydroxyl groups excluding tert-OH is 1. The average Bonchev–Trinajstić information content (AvgIpc) is 3.01. The quantitative estimate of drug-likeness (QED) is 0.907. The van der Waals surface area contributed by atoms with E-state index < -0.39 is 0 Å². The van der Waals surface area contributed by atoms with Crippen LogP contribution in [0, 0.1) is 17.2 Å². The second-order valence-corrected chi connectivity index (χ2v) is 7.27. The fraction of sp³-hybridized carbons (Fsp3) is 0.412. The molecule has 3 unspecified atom stereocenters. The Morgan fingerprint density at radius 3 is 3.13 bits per heavy atom. The van der Waals surface area contributed by atoms with E-state index in [2.05, 4.69) is 11.4 Å². The Morgan fingerprint density at radius 1 is 1.52 bits per heavy atom. The standard InChI is InChI=1S/C17H16N2O3S/c18-8-13-10-4-3-9(20)6-15(10)23-17(13)19-16(21)12-7-11(12)14-2-1-5-22-14/h1-2,5,9,11-12,20H,3-4,6-7H2,(H,19,21). The zero-order valence-corrected chi connectivity index (χ0v) is 13.2. The Morgan fingerprint density at radius 2 is 2.39 bits per heavy atom. The van der Waals surface area contributed by atoms with Gasteiger partial charge in [-0.15, -0.1) is 11.3 Å². The number of anilines is 1. The van der Waals surface area contributed by atoms with E-state index in [1.807, 2.05) is 12.1 Å². The molecular weight excluding hydrogens is 312 g/mol. The maximum atomic E-state index is 12.4. The summed E-state index contributed by atoms with van der Waals surface area (Å²) in [6.45, 7) is 0. The van der Waals surface area contributed by atoms with E-state index >= 15 is 0 Å². The highest BCUT2D eigenvalue weighted by Gasteiger charge is 2.46. The minimum absolute atomic E-state index is 0.0537. The molecule has 5 nitrogen and oxygen atoms in total. The van der Waals surface area contributed by atoms with Gasteiger partial charge < -0.3 is 14.8 Å². The summed E-state index contributed by atoms with van der Waals surface area (Å²) in [6.07, 6.45) is 4.01. The lowest BCUT2D eigenvalue weighted by atomic mass is 9.94. The fourth-order valence-electron chi connectivity index (χ4n) is 3.28. The molecule has 2 aromatic heterocycles. The van der Waals surface area contributed by atoms with Crippen molar-refractivity contribution in [3.63, 3.8) is 0 Å². The van der Waals surface area contributed by atoms with Crippen molar-refractivity contribution < 1.29 is 14.3 Å². The predicted molar refractivity (Wildman–Crippen MR) is 85.3 cm³/mol. The van der Waals surface area contributed by atoms with Gasteiger partial charge in [0.05, 0.1) is 17.9 Å². The van der Waals surface area contributed by atoms with Crippen molar-refractivity contribution in [3.05, 3.63) is 40.2 Å². The molecular formula is C17H16N2O3S. The van der Waals surface area contributed by atoms with Gasteiger partial charge in [0.25, 0.3) is 0 Å². The Kier molecular flexibility index (Phi) is 3.47. The van der Waals surface area contributed by atoms with E-state index in [1.54, 1.807) is 6.26 Å². The van der Waals surface area contributed by atoms with Gasteiger partial charge in [0, 0.05) is 23.1 Å². The number of furan rings is 1. The summed E-state index contributed by atoms with van der Waals surface area (Å²) < 4.78 is 5.35. The molecule has 0 aromatic carbocycles. The molecule has 2 N–H and O–H groups in total. The highest BCUT2D eigenvalue weighted by molar-refractivity contribution is 7.16. The molecule has 1 saturated carbocycles. The number of nitrogens with zero attached hydrogens (tertiary/aromatic N) is 1. The van der Waals surface area contributed by atoms with Crippen LogP contribution in [0.25, 0.3) is 0 Å². The monoisotopic (exact) mass is 328 g/mol. The first kappa shape index (κ1) is 14.5. The third-order valence-electron chi connectivity index (χ3n) is 4.62. The van der Waals surface area contributed by atoms with Gasteiger partial charge in [0.2, 0.25) is 5.91 Å². The molecule has 1 fully saturated rings. The smallest absolute Gasteiger partial charge is 0.228 e. The van der Waals surface area contributed by atoms with Crippen LogP contribution in [0.3, 0.4) is 0 Å². The number of nitrogens with one attached hydrogen (secondary N) is 1. The van der Waals surface area contributed by atoms with Crippen LogP contribution in [0.15, 0.2) is 22.8 Å². The van der Waals surface area contributed by atoms with E-state index in [9.17, 15) is 15.2 Å². The summed E-state index contributed by atoms with van der Waals surface area (Å²) in [6, 6.07) is 5.94. The molecule has 2 aliphatic carbocycles. The van der Waals surface area contributed by atoms with E-state index in [-0.39, 0.29) is 23.8 Å². The third kappa shape index (κ3) is 2.56. The van der Waals surface area contributed by atoms with Crippen molar-refractivity contribution in [1.29, 1.82) is 5.26 Å². The normalized spacial score (nSPS) is 25.5. The highest BCUT2D eigenvalue weighted by atomic mass is 32.1. The second-order valence-electron chi connectivity index (χ2n) is 6.17. The Balaban J connectivity index is 1.51. The first-order chi connectivity index (χ1) is 11.2. The van der Waals surface area contributed by atoms with Crippen LogP contribution in [0.1, 0.15) is 40.5 Å². The molecule has 0 aliphatic heterocycles. The van der Waals surface area contributed by atoms with Crippen LogP contribution in [0.2, 0.25) is 0 Å². The molecule has 23 heavy (non-hydrogen) atoms. The van der Waals surface area contributed by atoms with Crippen molar-refractivity contribution in [1.82, 2.24) is 0 Å². The zero-order valence-electron chi connectivity index (χ0n) is 12.4. The Hall–Kier alpha value is -2.10. The molecule has 4 rings (SSSR count). The molecule has 1 amide bonds. The van der Waals surface area contributed by atoms with Crippen LogP contribution in [-0.2, 0) is 17.6 Å². The van der Waals surface area contributed by atoms with Crippen LogP contribution in [-0.4, -0.2) is 17.1 Å². The molecule has 0 bridgehead atoms. The lowest BCUT2D eigenvalue weighted by molar-refractivity contribution is -0.117. The van der Waals surface area contributed by atoms with Crippen molar-refractivity contribution in [3.8, 4) is 6.07 Å². The average molecular weight is 328 g/mol. The Bertz CT molecular complexity index is 788. The predicted octanol–water partition coefficient (Wildman–Crippen LogP) is 2.80. The molecule has 2 aliphatic rings. The highest BCUT2D eigenvalue weighted by Crippen LogP contribution is 2.48. The first-order valence-electron chi connectivity index (χ1n) is 7.74. The number of hydrogen-bond donors (Lipinski definition) is 2. The minimum Gasteiger partial charge on any atom is -0.469 e. The van der Waals surface area contributed by atoms with E-state index in [0.717, 1.165) is 22.6 Å². The van der Waals surface area contributed by atoms with Gasteiger partial charge in [0.15, 0.2) is 0 Å². The topological polar surface area (TPSA) is 86.3 Å². The van der Waals surface area contributed by atoms with E-state index in [1.165, 1.54) is 11.3 Å². The summed E-state index contributed by atoms with van der Waals surface area (Å²) in [4.78, 5) is 13.4. The third-order valence-corrected chi connectivity index (χ3v) is 5.79. The minimum atomic E-state index is -0.344. The van der Waals surface area contributed by atoms with Gasteiger partial charge in [-0.05, 0) is 37.0 Å². The largest absolute Gasteiger partial charge is 0.469 e. The van der Waals surface area contributed by atoms with Crippen LogP contribution in [0.4, 0.5) is 5.00 Å². The number of thiophene rings is 1. The lowest BCUT2D eigenvalue weighted by Crippen LogP contribution is -2.17. The second kappa shape index (κ2) is 5.52. The van der Waals surface area contributed by atoms with Crippen molar-refractivity contribution in [2.75, 3.05) is 5.32 Å². The molecule has 0 radical (unpaired) electrons. The first-order valence-corrected chi connectivity index (χ1v) is 8.56. The van der Waals surface area contributed by atoms with Crippen molar-refractivity contribution >= 4 is 22.2 Å². The summed E-state index contributed by atoms with van der Waals surface area (Å²) in [5.74, 6) is 0.852. The number of carbonyl (C=O) groups excluding carboxylic acids is 1. The van der Waals surface area contributed by atoms with Gasteiger partial charge in [-0.2, -0.15) is 5.26 Å². The molecule has 0 spiro atoms. The SMILES string of the molecule is N#Cc1c(NC(=O)C2CC2c2ccco2)sc2c1CCC(O)C2. The number of carbonyl (C=O) groups is 1. The van der Waals surface area contributed by atoms with Crippen molar-refractivity contribution in [2.24, 2.45) is 5.92 Å². The summed E-state index contributed by atoms with van der Waals surface area (Å²) in [5.41, 5.74) is 1.57. The van der Waals surface area contributed by atoms with Gasteiger partial charge in [-0.1, -0.05) is 0 Å². The van der Waals surface area contributed by atoms with Crippen molar-refractivity contribution in [2.45, 2.75) is 37.7 Å². The maximum Gasteiger partial charge on any atom is 0.228 e. The summed E-state index contributed by atoms with van der Waals surface area (Å²) >= 11 is 1.42. The molecule has 2 aromatic rings. The molecule has 0 saturated heterocycles. The number of fused-ring (bicyclic) bond motifs is 1. The molecule has 118 valence electrons. The fourth-order valence-corrected chi connectivity index (χ4v) is 4.55. The Labute approximate surface area is 137 Å². The van der Waals surface area contributed by atoms with Gasteiger partial charge >= 0.3 is 0 Å². The summed E-state index contributed by atoms with van der Waals surface area (Å²) in [7, 11) is 0.